The number of hydrazine groups is 1. The molecule has 0 aromatic heterocycles. The van der Waals surface area contributed by atoms with Crippen molar-refractivity contribution in [3.63, 3.8) is 0 Å². The topological polar surface area (TPSA) is 90.7 Å². The number of carbonyl (C=O) groups is 2. The Morgan fingerprint density at radius 2 is 1.32 bits per heavy atom. The van der Waals surface area contributed by atoms with Crippen LogP contribution in [0.25, 0.3) is 0 Å². The van der Waals surface area contributed by atoms with Crippen molar-refractivity contribution >= 4 is 17.5 Å². The maximum atomic E-state index is 11.7. The molecule has 0 bridgehead atoms. The molecule has 0 saturated carbocycles. The van der Waals surface area contributed by atoms with Crippen molar-refractivity contribution in [2.75, 3.05) is 45.0 Å². The number of nitrogens with one attached hydrogen (secondary N) is 2. The van der Waals surface area contributed by atoms with Crippen LogP contribution in [-0.2, 0) is 0 Å². The first-order valence-corrected chi connectivity index (χ1v) is 10.9. The number of nitrogen functional groups attached to an aromatic ring is 1. The minimum absolute atomic E-state index is 0.0443. The molecule has 0 aliphatic heterocycles. The fourth-order valence-corrected chi connectivity index (χ4v) is 2.78. The van der Waals surface area contributed by atoms with Crippen LogP contribution in [0, 0.1) is 0 Å². The third-order valence-corrected chi connectivity index (χ3v) is 4.84. The van der Waals surface area contributed by atoms with Crippen molar-refractivity contribution in [3.8, 4) is 0 Å². The predicted molar refractivity (Wildman–Crippen MR) is 128 cm³/mol. The zero-order valence-electron chi connectivity index (χ0n) is 19.2. The van der Waals surface area contributed by atoms with Crippen LogP contribution in [-0.4, -0.2) is 61.0 Å². The molecule has 0 radical (unpaired) electrons. The van der Waals surface area contributed by atoms with Crippen LogP contribution in [0.5, 0.6) is 0 Å². The summed E-state index contributed by atoms with van der Waals surface area (Å²) in [5, 5.41) is 4.77. The minimum atomic E-state index is -0.0469. The van der Waals surface area contributed by atoms with E-state index in [9.17, 15) is 9.59 Å². The molecule has 7 heteroatoms. The monoisotopic (exact) mass is 427 g/mol. The van der Waals surface area contributed by atoms with E-state index in [4.69, 9.17) is 5.73 Å². The van der Waals surface area contributed by atoms with Gasteiger partial charge >= 0.3 is 0 Å². The van der Waals surface area contributed by atoms with Crippen LogP contribution in [0.2, 0.25) is 0 Å². The second-order valence-electron chi connectivity index (χ2n) is 6.88. The first-order valence-electron chi connectivity index (χ1n) is 10.9. The Kier molecular flexibility index (Phi) is 12.6. The van der Waals surface area contributed by atoms with E-state index >= 15 is 0 Å². The molecule has 0 aliphatic rings. The van der Waals surface area contributed by atoms with Gasteiger partial charge in [-0.05, 0) is 49.5 Å². The van der Waals surface area contributed by atoms with Gasteiger partial charge in [-0.2, -0.15) is 0 Å². The van der Waals surface area contributed by atoms with Crippen LogP contribution in [0.15, 0.2) is 54.6 Å². The quantitative estimate of drug-likeness (QED) is 0.401. The van der Waals surface area contributed by atoms with Crippen molar-refractivity contribution in [1.82, 2.24) is 20.7 Å². The third kappa shape index (κ3) is 10.1. The number of rotatable bonds is 10. The standard InChI is InChI=1S/C13H21N3O.C11H16N2O/c1-3-16(4-2)10-9-15-13(17)11-5-7-12(14)8-6-11;1-3-13(4-2)12-11(14)10-8-6-5-7-9-10/h5-8H,3-4,9-10,14H2,1-2H3,(H,15,17);5-9H,3-4H2,1-2H3,(H,12,14). The molecule has 2 aromatic rings. The second kappa shape index (κ2) is 15.0. The highest BCUT2D eigenvalue weighted by Gasteiger charge is 2.07. The van der Waals surface area contributed by atoms with Crippen molar-refractivity contribution < 1.29 is 9.59 Å². The van der Waals surface area contributed by atoms with Gasteiger partial charge in [-0.1, -0.05) is 45.9 Å². The zero-order chi connectivity index (χ0) is 23.1. The average molecular weight is 428 g/mol. The van der Waals surface area contributed by atoms with E-state index in [2.05, 4.69) is 29.5 Å². The van der Waals surface area contributed by atoms with Crippen molar-refractivity contribution in [1.29, 1.82) is 0 Å². The van der Waals surface area contributed by atoms with Gasteiger partial charge in [0.2, 0.25) is 0 Å². The van der Waals surface area contributed by atoms with E-state index in [-0.39, 0.29) is 11.8 Å². The van der Waals surface area contributed by atoms with Gasteiger partial charge in [-0.15, -0.1) is 0 Å². The molecular weight excluding hydrogens is 390 g/mol. The summed E-state index contributed by atoms with van der Waals surface area (Å²) in [5.41, 5.74) is 10.4. The normalized spacial score (nSPS) is 10.4. The summed E-state index contributed by atoms with van der Waals surface area (Å²) < 4.78 is 0. The molecule has 0 aliphatic carbocycles. The molecule has 0 saturated heterocycles. The lowest BCUT2D eigenvalue weighted by molar-refractivity contribution is 0.0805. The molecule has 0 unspecified atom stereocenters. The van der Waals surface area contributed by atoms with Crippen LogP contribution < -0.4 is 16.5 Å². The molecule has 31 heavy (non-hydrogen) atoms. The van der Waals surface area contributed by atoms with E-state index in [1.807, 2.05) is 37.1 Å². The summed E-state index contributed by atoms with van der Waals surface area (Å²) in [6, 6.07) is 16.2. The first-order chi connectivity index (χ1) is 14.9. The predicted octanol–water partition coefficient (Wildman–Crippen LogP) is 3.01. The number of nitrogens with two attached hydrogens (primary N) is 1. The Labute approximate surface area is 186 Å². The van der Waals surface area contributed by atoms with Gasteiger partial charge in [0, 0.05) is 43.0 Å². The fourth-order valence-electron chi connectivity index (χ4n) is 2.78. The number of likely N-dealkylation sites (N-methyl/N-ethyl adjacent to an activating group) is 1. The minimum Gasteiger partial charge on any atom is -0.399 e. The average Bonchev–Trinajstić information content (AvgIpc) is 2.81. The number of anilines is 1. The summed E-state index contributed by atoms with van der Waals surface area (Å²) in [6.07, 6.45) is 0. The van der Waals surface area contributed by atoms with Gasteiger partial charge in [0.1, 0.15) is 0 Å². The van der Waals surface area contributed by atoms with Gasteiger partial charge in [-0.25, -0.2) is 5.01 Å². The fraction of sp³-hybridized carbons (Fsp3) is 0.417. The second-order valence-corrected chi connectivity index (χ2v) is 6.88. The van der Waals surface area contributed by atoms with E-state index in [0.717, 1.165) is 32.7 Å². The molecular formula is C24H37N5O2. The lowest BCUT2D eigenvalue weighted by Crippen LogP contribution is -2.41. The maximum absolute atomic E-state index is 11.7. The van der Waals surface area contributed by atoms with Crippen molar-refractivity contribution in [2.45, 2.75) is 27.7 Å². The number of nitrogens with zero attached hydrogens (tertiary/aromatic N) is 2. The van der Waals surface area contributed by atoms with Gasteiger partial charge in [0.25, 0.3) is 11.8 Å². The van der Waals surface area contributed by atoms with Gasteiger partial charge in [-0.3, -0.25) is 15.0 Å². The highest BCUT2D eigenvalue weighted by molar-refractivity contribution is 5.94. The van der Waals surface area contributed by atoms with Crippen LogP contribution >= 0.6 is 0 Å². The number of hydrogen-bond acceptors (Lipinski definition) is 5. The van der Waals surface area contributed by atoms with Crippen molar-refractivity contribution in [3.05, 3.63) is 65.7 Å². The molecule has 4 N–H and O–H groups in total. The van der Waals surface area contributed by atoms with Crippen LogP contribution in [0.1, 0.15) is 48.4 Å². The highest BCUT2D eigenvalue weighted by atomic mass is 16.2. The summed E-state index contributed by atoms with van der Waals surface area (Å²) >= 11 is 0. The third-order valence-electron chi connectivity index (χ3n) is 4.84. The number of benzene rings is 2. The van der Waals surface area contributed by atoms with Crippen LogP contribution in [0.3, 0.4) is 0 Å². The zero-order valence-corrected chi connectivity index (χ0v) is 19.2. The summed E-state index contributed by atoms with van der Waals surface area (Å²) in [5.74, 6) is -0.0912. The smallest absolute Gasteiger partial charge is 0.265 e. The Bertz CT molecular complexity index is 757. The maximum Gasteiger partial charge on any atom is 0.265 e. The SMILES string of the molecule is CCN(CC)CCNC(=O)c1ccc(N)cc1.CCN(CC)NC(=O)c1ccccc1. The van der Waals surface area contributed by atoms with E-state index in [0.29, 0.717) is 23.4 Å². The molecule has 0 heterocycles. The largest absolute Gasteiger partial charge is 0.399 e. The van der Waals surface area contributed by atoms with E-state index in [1.54, 1.807) is 36.4 Å². The Balaban J connectivity index is 0.000000316. The Morgan fingerprint density at radius 3 is 1.84 bits per heavy atom. The van der Waals surface area contributed by atoms with Gasteiger partial charge < -0.3 is 16.0 Å². The lowest BCUT2D eigenvalue weighted by Gasteiger charge is -2.19. The molecule has 7 nitrogen and oxygen atoms in total. The number of hydrogen-bond donors (Lipinski definition) is 3. The molecule has 2 aromatic carbocycles. The van der Waals surface area contributed by atoms with E-state index < -0.39 is 0 Å². The Morgan fingerprint density at radius 1 is 0.774 bits per heavy atom. The molecule has 0 spiro atoms. The molecule has 0 fully saturated rings. The summed E-state index contributed by atoms with van der Waals surface area (Å²) in [4.78, 5) is 25.6. The highest BCUT2D eigenvalue weighted by Crippen LogP contribution is 2.05. The lowest BCUT2D eigenvalue weighted by atomic mass is 10.2. The van der Waals surface area contributed by atoms with Crippen LogP contribution in [0.4, 0.5) is 5.69 Å². The van der Waals surface area contributed by atoms with Crippen molar-refractivity contribution in [2.24, 2.45) is 0 Å². The first kappa shape index (κ1) is 26.1. The summed E-state index contributed by atoms with van der Waals surface area (Å²) in [7, 11) is 0. The molecule has 170 valence electrons. The molecule has 0 atom stereocenters. The molecule has 2 rings (SSSR count). The van der Waals surface area contributed by atoms with E-state index in [1.165, 1.54) is 0 Å². The van der Waals surface area contributed by atoms with Gasteiger partial charge in [0.05, 0.1) is 0 Å². The van der Waals surface area contributed by atoms with Gasteiger partial charge in [0.15, 0.2) is 0 Å². The molecule has 2 amide bonds. The number of amides is 2. The Hall–Kier alpha value is -2.90. The number of carbonyl (C=O) groups excluding carboxylic acids is 2. The summed E-state index contributed by atoms with van der Waals surface area (Å²) in [6.45, 7) is 13.4.